The van der Waals surface area contributed by atoms with Gasteiger partial charge in [0.15, 0.2) is 5.78 Å². The number of methoxy groups -OCH3 is 1. The van der Waals surface area contributed by atoms with Crippen LogP contribution in [-0.2, 0) is 9.59 Å². The summed E-state index contributed by atoms with van der Waals surface area (Å²) in [4.78, 5) is 26.0. The lowest BCUT2D eigenvalue weighted by Gasteiger charge is -2.37. The van der Waals surface area contributed by atoms with Crippen molar-refractivity contribution in [3.8, 4) is 5.75 Å². The number of fused-ring (bicyclic) bond motifs is 2. The fourth-order valence-electron chi connectivity index (χ4n) is 4.39. The molecule has 2 unspecified atom stereocenters. The molecule has 2 bridgehead atoms. The van der Waals surface area contributed by atoms with Gasteiger partial charge in [-0.05, 0) is 30.4 Å². The monoisotopic (exact) mass is 330 g/mol. The summed E-state index contributed by atoms with van der Waals surface area (Å²) in [5.74, 6) is -0.103. The minimum absolute atomic E-state index is 0.111. The van der Waals surface area contributed by atoms with Gasteiger partial charge in [0.1, 0.15) is 16.9 Å². The van der Waals surface area contributed by atoms with Crippen LogP contribution in [-0.4, -0.2) is 29.7 Å². The van der Waals surface area contributed by atoms with Gasteiger partial charge < -0.3 is 15.3 Å². The molecule has 6 heteroatoms. The number of benzene rings is 1. The second kappa shape index (κ2) is 5.06. The molecule has 0 spiro atoms. The molecule has 2 atom stereocenters. The third-order valence-corrected chi connectivity index (χ3v) is 6.39. The first-order valence-electron chi connectivity index (χ1n) is 7.97. The molecule has 2 aliphatic rings. The highest BCUT2D eigenvalue weighted by Crippen LogP contribution is 2.69. The predicted octanol–water partition coefficient (Wildman–Crippen LogP) is 2.86. The summed E-state index contributed by atoms with van der Waals surface area (Å²) < 4.78 is 5.16. The zero-order chi connectivity index (χ0) is 17.8. The highest BCUT2D eigenvalue weighted by molar-refractivity contribution is 6.51. The van der Waals surface area contributed by atoms with Crippen molar-refractivity contribution in [2.75, 3.05) is 12.4 Å². The predicted molar refractivity (Wildman–Crippen MR) is 89.4 cm³/mol. The summed E-state index contributed by atoms with van der Waals surface area (Å²) in [6, 6.07) is 7.00. The van der Waals surface area contributed by atoms with Gasteiger partial charge in [-0.1, -0.05) is 32.0 Å². The van der Waals surface area contributed by atoms with Gasteiger partial charge in [-0.15, -0.1) is 0 Å². The van der Waals surface area contributed by atoms with Crippen LogP contribution in [0.5, 0.6) is 5.75 Å². The molecule has 24 heavy (non-hydrogen) atoms. The van der Waals surface area contributed by atoms with Crippen LogP contribution in [0.15, 0.2) is 29.4 Å². The number of nitrogens with zero attached hydrogens (tertiary/aromatic N) is 1. The van der Waals surface area contributed by atoms with Crippen molar-refractivity contribution in [2.24, 2.45) is 21.4 Å². The van der Waals surface area contributed by atoms with Crippen molar-refractivity contribution in [1.82, 2.24) is 0 Å². The molecule has 0 aliphatic heterocycles. The minimum Gasteiger partial charge on any atom is -0.497 e. The quantitative estimate of drug-likeness (QED) is 0.507. The second-order valence-electron chi connectivity index (χ2n) is 7.33. The van der Waals surface area contributed by atoms with E-state index in [-0.39, 0.29) is 17.4 Å². The molecule has 0 aromatic heterocycles. The number of carbonyl (C=O) groups is 2. The molecule has 2 aliphatic carbocycles. The van der Waals surface area contributed by atoms with Crippen LogP contribution in [0.25, 0.3) is 0 Å². The maximum atomic E-state index is 13.1. The Morgan fingerprint density at radius 3 is 2.58 bits per heavy atom. The van der Waals surface area contributed by atoms with E-state index in [1.165, 1.54) is 0 Å². The fraction of sp³-hybridized carbons (Fsp3) is 0.500. The topological polar surface area (TPSA) is 88.0 Å². The Kier molecular flexibility index (Phi) is 3.48. The van der Waals surface area contributed by atoms with Gasteiger partial charge in [0.05, 0.1) is 7.11 Å². The molecule has 0 heterocycles. The van der Waals surface area contributed by atoms with Gasteiger partial charge in [0.2, 0.25) is 5.91 Å². The van der Waals surface area contributed by atoms with Crippen LogP contribution in [0.2, 0.25) is 0 Å². The van der Waals surface area contributed by atoms with Crippen LogP contribution >= 0.6 is 0 Å². The lowest BCUT2D eigenvalue weighted by Crippen LogP contribution is -2.47. The van der Waals surface area contributed by atoms with Crippen molar-refractivity contribution < 1.29 is 19.5 Å². The first kappa shape index (κ1) is 16.5. The number of hydrogen-bond donors (Lipinski definition) is 2. The largest absolute Gasteiger partial charge is 0.497 e. The van der Waals surface area contributed by atoms with Crippen LogP contribution < -0.4 is 10.1 Å². The van der Waals surface area contributed by atoms with Gasteiger partial charge in [-0.25, -0.2) is 0 Å². The van der Waals surface area contributed by atoms with E-state index >= 15 is 0 Å². The first-order valence-corrected chi connectivity index (χ1v) is 7.97. The molecular formula is C18H22N2O4. The van der Waals surface area contributed by atoms with Gasteiger partial charge in [-0.2, -0.15) is 0 Å². The molecule has 1 aromatic carbocycles. The van der Waals surface area contributed by atoms with Crippen molar-refractivity contribution >= 4 is 23.1 Å². The number of Topliss-reactive ketones (excluding diaryl/α,β-unsaturated/α-hetero) is 1. The standard InChI is InChI=1S/C18H22N2O4/c1-16(2)17(3)8-9-18(16,14(21)13(17)20-23)15(22)19-11-6-5-7-12(10-11)24-4/h5-7,10,23H,8-9H2,1-4H3,(H,19,22)/b20-13+. The number of amides is 1. The van der Waals surface area contributed by atoms with E-state index in [9.17, 15) is 14.8 Å². The third kappa shape index (κ3) is 1.74. The van der Waals surface area contributed by atoms with E-state index in [1.807, 2.05) is 20.8 Å². The molecule has 0 saturated heterocycles. The highest BCUT2D eigenvalue weighted by Gasteiger charge is 2.76. The van der Waals surface area contributed by atoms with Gasteiger partial charge in [0, 0.05) is 17.2 Å². The molecule has 6 nitrogen and oxygen atoms in total. The number of nitrogens with one attached hydrogen (secondary N) is 1. The molecular weight excluding hydrogens is 308 g/mol. The van der Waals surface area contributed by atoms with Crippen LogP contribution in [0.3, 0.4) is 0 Å². The molecule has 1 aromatic rings. The Balaban J connectivity index is 2.01. The van der Waals surface area contributed by atoms with Crippen molar-refractivity contribution in [2.45, 2.75) is 33.6 Å². The SMILES string of the molecule is COc1cccc(NC(=O)C23CCC(C)(/C(=N/O)C2=O)C3(C)C)c1. The number of carbonyl (C=O) groups excluding carboxylic acids is 2. The minimum atomic E-state index is -1.22. The van der Waals surface area contributed by atoms with Crippen molar-refractivity contribution in [1.29, 1.82) is 0 Å². The molecule has 2 N–H and O–H groups in total. The Labute approximate surface area is 140 Å². The van der Waals surface area contributed by atoms with E-state index in [1.54, 1.807) is 31.4 Å². The summed E-state index contributed by atoms with van der Waals surface area (Å²) in [6.45, 7) is 5.70. The number of anilines is 1. The summed E-state index contributed by atoms with van der Waals surface area (Å²) in [7, 11) is 1.55. The van der Waals surface area contributed by atoms with Gasteiger partial charge >= 0.3 is 0 Å². The average Bonchev–Trinajstić information content (AvgIpc) is 2.83. The third-order valence-electron chi connectivity index (χ3n) is 6.39. The van der Waals surface area contributed by atoms with Crippen molar-refractivity contribution in [3.63, 3.8) is 0 Å². The number of hydrogen-bond acceptors (Lipinski definition) is 5. The lowest BCUT2D eigenvalue weighted by atomic mass is 9.64. The summed E-state index contributed by atoms with van der Waals surface area (Å²) in [5, 5.41) is 15.4. The number of ether oxygens (including phenoxy) is 1. The average molecular weight is 330 g/mol. The second-order valence-corrected chi connectivity index (χ2v) is 7.33. The first-order chi connectivity index (χ1) is 11.2. The molecule has 2 fully saturated rings. The zero-order valence-electron chi connectivity index (χ0n) is 14.3. The molecule has 0 radical (unpaired) electrons. The Morgan fingerprint density at radius 2 is 2.00 bits per heavy atom. The molecule has 128 valence electrons. The highest BCUT2D eigenvalue weighted by atomic mass is 16.5. The molecule has 1 amide bonds. The number of ketones is 1. The lowest BCUT2D eigenvalue weighted by molar-refractivity contribution is -0.140. The number of rotatable bonds is 3. The molecule has 3 rings (SSSR count). The zero-order valence-corrected chi connectivity index (χ0v) is 14.3. The van der Waals surface area contributed by atoms with Crippen molar-refractivity contribution in [3.05, 3.63) is 24.3 Å². The smallest absolute Gasteiger partial charge is 0.239 e. The Hall–Kier alpha value is -2.37. The van der Waals surface area contributed by atoms with E-state index in [0.29, 0.717) is 24.3 Å². The summed E-state index contributed by atoms with van der Waals surface area (Å²) >= 11 is 0. The van der Waals surface area contributed by atoms with Crippen LogP contribution in [0.1, 0.15) is 33.6 Å². The van der Waals surface area contributed by atoms with E-state index in [4.69, 9.17) is 4.74 Å². The van der Waals surface area contributed by atoms with Gasteiger partial charge in [-0.3, -0.25) is 9.59 Å². The van der Waals surface area contributed by atoms with Crippen LogP contribution in [0, 0.1) is 16.2 Å². The number of oxime groups is 1. The van der Waals surface area contributed by atoms with E-state index < -0.39 is 16.2 Å². The fourth-order valence-corrected chi connectivity index (χ4v) is 4.39. The maximum absolute atomic E-state index is 13.1. The molecule has 2 saturated carbocycles. The maximum Gasteiger partial charge on any atom is 0.239 e. The van der Waals surface area contributed by atoms with E-state index in [0.717, 1.165) is 0 Å². The summed E-state index contributed by atoms with van der Waals surface area (Å²) in [6.07, 6.45) is 1.08. The Morgan fingerprint density at radius 1 is 1.29 bits per heavy atom. The van der Waals surface area contributed by atoms with Gasteiger partial charge in [0.25, 0.3) is 0 Å². The summed E-state index contributed by atoms with van der Waals surface area (Å²) in [5.41, 5.74) is -1.78. The van der Waals surface area contributed by atoms with E-state index in [2.05, 4.69) is 10.5 Å². The normalized spacial score (nSPS) is 32.2. The Bertz CT molecular complexity index is 755. The van der Waals surface area contributed by atoms with Crippen LogP contribution in [0.4, 0.5) is 5.69 Å².